The zero-order valence-electron chi connectivity index (χ0n) is 12.4. The van der Waals surface area contributed by atoms with Crippen molar-refractivity contribution in [1.82, 2.24) is 10.2 Å². The van der Waals surface area contributed by atoms with Crippen LogP contribution in [0, 0.1) is 5.41 Å². The SMILES string of the molecule is CC(C)(CO)[C@H](c1cc(Br)cc(Br)c1)N1CCNCC1.Cl. The lowest BCUT2D eigenvalue weighted by Crippen LogP contribution is -2.49. The fourth-order valence-electron chi connectivity index (χ4n) is 2.92. The van der Waals surface area contributed by atoms with Crippen molar-refractivity contribution in [2.45, 2.75) is 19.9 Å². The van der Waals surface area contributed by atoms with Crippen molar-refractivity contribution in [2.24, 2.45) is 5.41 Å². The van der Waals surface area contributed by atoms with Gasteiger partial charge in [0.15, 0.2) is 0 Å². The molecule has 1 aliphatic rings. The summed E-state index contributed by atoms with van der Waals surface area (Å²) in [5, 5.41) is 13.2. The maximum atomic E-state index is 9.83. The van der Waals surface area contributed by atoms with Gasteiger partial charge in [0.1, 0.15) is 0 Å². The third-order valence-corrected chi connectivity index (χ3v) is 4.78. The molecule has 0 saturated carbocycles. The average Bonchev–Trinajstić information content (AvgIpc) is 2.39. The summed E-state index contributed by atoms with van der Waals surface area (Å²) in [5.74, 6) is 0. The van der Waals surface area contributed by atoms with Gasteiger partial charge in [-0.15, -0.1) is 12.4 Å². The smallest absolute Gasteiger partial charge is 0.0500 e. The molecule has 1 fully saturated rings. The highest BCUT2D eigenvalue weighted by atomic mass is 79.9. The van der Waals surface area contributed by atoms with Crippen LogP contribution < -0.4 is 5.32 Å². The highest BCUT2D eigenvalue weighted by Crippen LogP contribution is 2.40. The van der Waals surface area contributed by atoms with Crippen molar-refractivity contribution in [1.29, 1.82) is 0 Å². The molecule has 1 aliphatic heterocycles. The van der Waals surface area contributed by atoms with E-state index in [2.05, 4.69) is 68.1 Å². The monoisotopic (exact) mass is 440 g/mol. The molecule has 1 aromatic carbocycles. The number of nitrogens with zero attached hydrogens (tertiary/aromatic N) is 1. The Balaban J connectivity index is 0.00000220. The molecule has 1 heterocycles. The molecule has 2 rings (SSSR count). The Kier molecular flexibility index (Phi) is 7.64. The van der Waals surface area contributed by atoms with Crippen LogP contribution in [0.3, 0.4) is 0 Å². The van der Waals surface area contributed by atoms with Crippen molar-refractivity contribution < 1.29 is 5.11 Å². The van der Waals surface area contributed by atoms with Crippen LogP contribution in [0.5, 0.6) is 0 Å². The molecule has 6 heteroatoms. The van der Waals surface area contributed by atoms with E-state index >= 15 is 0 Å². The Morgan fingerprint density at radius 1 is 1.19 bits per heavy atom. The summed E-state index contributed by atoms with van der Waals surface area (Å²) in [5.41, 5.74) is 1.06. The molecule has 120 valence electrons. The molecular formula is C15H23Br2ClN2O. The van der Waals surface area contributed by atoms with Gasteiger partial charge in [0.25, 0.3) is 0 Å². The highest BCUT2D eigenvalue weighted by molar-refractivity contribution is 9.11. The number of benzene rings is 1. The predicted molar refractivity (Wildman–Crippen MR) is 97.1 cm³/mol. The summed E-state index contributed by atoms with van der Waals surface area (Å²) >= 11 is 7.14. The van der Waals surface area contributed by atoms with Crippen LogP contribution in [0.2, 0.25) is 0 Å². The van der Waals surface area contributed by atoms with Gasteiger partial charge in [-0.05, 0) is 23.8 Å². The van der Waals surface area contributed by atoms with Crippen LogP contribution in [0.4, 0.5) is 0 Å². The van der Waals surface area contributed by atoms with Crippen LogP contribution in [0.15, 0.2) is 27.1 Å². The van der Waals surface area contributed by atoms with Crippen LogP contribution in [0.1, 0.15) is 25.5 Å². The first-order valence-corrected chi connectivity index (χ1v) is 8.54. The summed E-state index contributed by atoms with van der Waals surface area (Å²) in [6.45, 7) is 8.48. The Morgan fingerprint density at radius 3 is 2.19 bits per heavy atom. The zero-order valence-corrected chi connectivity index (χ0v) is 16.4. The van der Waals surface area contributed by atoms with Gasteiger partial charge >= 0.3 is 0 Å². The van der Waals surface area contributed by atoms with E-state index in [1.807, 2.05) is 6.07 Å². The molecule has 3 nitrogen and oxygen atoms in total. The third-order valence-electron chi connectivity index (χ3n) is 3.87. The topological polar surface area (TPSA) is 35.5 Å². The maximum absolute atomic E-state index is 9.83. The minimum Gasteiger partial charge on any atom is -0.396 e. The molecule has 0 unspecified atom stereocenters. The lowest BCUT2D eigenvalue weighted by molar-refractivity contribution is 0.0305. The molecule has 1 aromatic rings. The number of nitrogens with one attached hydrogen (secondary N) is 1. The summed E-state index contributed by atoms with van der Waals surface area (Å²) in [7, 11) is 0. The Morgan fingerprint density at radius 2 is 1.71 bits per heavy atom. The standard InChI is InChI=1S/C15H22Br2N2O.ClH/c1-15(2,10-20)14(19-5-3-18-4-6-19)11-7-12(16)9-13(17)8-11;/h7-9,14,18,20H,3-6,10H2,1-2H3;1H/t14-;/m0./s1. The molecule has 0 aromatic heterocycles. The number of rotatable bonds is 4. The quantitative estimate of drug-likeness (QED) is 0.748. The predicted octanol–water partition coefficient (Wildman–Crippen LogP) is 3.60. The van der Waals surface area contributed by atoms with E-state index in [1.165, 1.54) is 5.56 Å². The number of aliphatic hydroxyl groups is 1. The Bertz CT molecular complexity index is 445. The molecule has 1 saturated heterocycles. The van der Waals surface area contributed by atoms with Crippen LogP contribution in [-0.2, 0) is 0 Å². The van der Waals surface area contributed by atoms with Crippen molar-refractivity contribution in [2.75, 3.05) is 32.8 Å². The van der Waals surface area contributed by atoms with Crippen LogP contribution in [0.25, 0.3) is 0 Å². The van der Waals surface area contributed by atoms with Crippen LogP contribution >= 0.6 is 44.3 Å². The van der Waals surface area contributed by atoms with Crippen molar-refractivity contribution in [3.05, 3.63) is 32.7 Å². The van der Waals surface area contributed by atoms with E-state index in [0.717, 1.165) is 35.1 Å². The first kappa shape index (κ1) is 19.4. The molecule has 21 heavy (non-hydrogen) atoms. The second-order valence-electron chi connectivity index (χ2n) is 6.04. The molecule has 1 atom stereocenters. The van der Waals surface area contributed by atoms with E-state index in [9.17, 15) is 5.11 Å². The van der Waals surface area contributed by atoms with E-state index in [-0.39, 0.29) is 30.5 Å². The van der Waals surface area contributed by atoms with Gasteiger partial charge in [-0.2, -0.15) is 0 Å². The molecule has 0 radical (unpaired) electrons. The van der Waals surface area contributed by atoms with Crippen molar-refractivity contribution in [3.63, 3.8) is 0 Å². The van der Waals surface area contributed by atoms with E-state index in [0.29, 0.717) is 0 Å². The van der Waals surface area contributed by atoms with Gasteiger partial charge in [0.2, 0.25) is 0 Å². The average molecular weight is 443 g/mol. The number of aliphatic hydroxyl groups excluding tert-OH is 1. The summed E-state index contributed by atoms with van der Waals surface area (Å²) in [6, 6.07) is 6.58. The van der Waals surface area contributed by atoms with E-state index in [4.69, 9.17) is 0 Å². The van der Waals surface area contributed by atoms with Gasteiger partial charge in [-0.3, -0.25) is 4.90 Å². The Hall–Kier alpha value is 0.350. The summed E-state index contributed by atoms with van der Waals surface area (Å²) in [6.07, 6.45) is 0. The molecular weight excluding hydrogens is 419 g/mol. The van der Waals surface area contributed by atoms with Crippen LogP contribution in [-0.4, -0.2) is 42.8 Å². The van der Waals surface area contributed by atoms with E-state index in [1.54, 1.807) is 0 Å². The largest absolute Gasteiger partial charge is 0.396 e. The van der Waals surface area contributed by atoms with E-state index < -0.39 is 0 Å². The molecule has 0 spiro atoms. The van der Waals surface area contributed by atoms with Gasteiger partial charge in [-0.1, -0.05) is 45.7 Å². The number of halogens is 3. The van der Waals surface area contributed by atoms with Crippen molar-refractivity contribution >= 4 is 44.3 Å². The van der Waals surface area contributed by atoms with Gasteiger partial charge in [0, 0.05) is 53.2 Å². The summed E-state index contributed by atoms with van der Waals surface area (Å²) < 4.78 is 2.13. The highest BCUT2D eigenvalue weighted by Gasteiger charge is 2.35. The molecule has 0 bridgehead atoms. The molecule has 0 aliphatic carbocycles. The molecule has 0 amide bonds. The third kappa shape index (κ3) is 4.91. The van der Waals surface area contributed by atoms with Gasteiger partial charge in [0.05, 0.1) is 0 Å². The summed E-state index contributed by atoms with van der Waals surface area (Å²) in [4.78, 5) is 2.47. The fourth-order valence-corrected chi connectivity index (χ4v) is 4.25. The minimum absolute atomic E-state index is 0. The lowest BCUT2D eigenvalue weighted by Gasteiger charge is -2.43. The number of hydrogen-bond acceptors (Lipinski definition) is 3. The Labute approximate surface area is 150 Å². The number of piperazine rings is 1. The second-order valence-corrected chi connectivity index (χ2v) is 7.87. The maximum Gasteiger partial charge on any atom is 0.0500 e. The zero-order chi connectivity index (χ0) is 14.8. The first-order valence-electron chi connectivity index (χ1n) is 6.95. The van der Waals surface area contributed by atoms with Gasteiger partial charge < -0.3 is 10.4 Å². The minimum atomic E-state index is -0.183. The number of hydrogen-bond donors (Lipinski definition) is 2. The van der Waals surface area contributed by atoms with Gasteiger partial charge in [-0.25, -0.2) is 0 Å². The van der Waals surface area contributed by atoms with Crippen molar-refractivity contribution in [3.8, 4) is 0 Å². The lowest BCUT2D eigenvalue weighted by atomic mass is 9.80. The molecule has 2 N–H and O–H groups in total. The first-order chi connectivity index (χ1) is 9.44. The normalized spacial score (nSPS) is 18.1. The fraction of sp³-hybridized carbons (Fsp3) is 0.600. The second kappa shape index (κ2) is 8.27.